The Morgan fingerprint density at radius 2 is 2.27 bits per heavy atom. The first-order chi connectivity index (χ1) is 7.13. The zero-order chi connectivity index (χ0) is 11.4. The fraction of sp³-hybridized carbons (Fsp3) is 0.333. The molecule has 1 aromatic rings. The van der Waals surface area contributed by atoms with E-state index in [-0.39, 0.29) is 27.8 Å². The van der Waals surface area contributed by atoms with Crippen molar-refractivity contribution >= 4 is 15.9 Å². The second-order valence-electron chi connectivity index (χ2n) is 2.73. The summed E-state index contributed by atoms with van der Waals surface area (Å²) in [6.07, 6.45) is -2.68. The van der Waals surface area contributed by atoms with E-state index in [0.29, 0.717) is 0 Å². The fourth-order valence-corrected chi connectivity index (χ4v) is 1.83. The molecule has 15 heavy (non-hydrogen) atoms. The standard InChI is InChI=1S/C9H7BrF2N2O/c10-2-7-6(9(11)12)1-5(3-13)14-8(7)4-15/h1,9,15H,2,4H2. The van der Waals surface area contributed by atoms with E-state index >= 15 is 0 Å². The molecule has 1 aromatic heterocycles. The number of alkyl halides is 3. The summed E-state index contributed by atoms with van der Waals surface area (Å²) in [5.74, 6) is 0. The molecule has 0 saturated carbocycles. The van der Waals surface area contributed by atoms with E-state index in [1.54, 1.807) is 6.07 Å². The van der Waals surface area contributed by atoms with Crippen molar-refractivity contribution in [2.24, 2.45) is 0 Å². The van der Waals surface area contributed by atoms with Crippen LogP contribution >= 0.6 is 15.9 Å². The largest absolute Gasteiger partial charge is 0.390 e. The molecule has 80 valence electrons. The molecule has 0 aromatic carbocycles. The van der Waals surface area contributed by atoms with E-state index in [1.165, 1.54) is 0 Å². The summed E-state index contributed by atoms with van der Waals surface area (Å²) in [4.78, 5) is 3.75. The minimum atomic E-state index is -2.68. The zero-order valence-electron chi connectivity index (χ0n) is 7.54. The Morgan fingerprint density at radius 1 is 1.60 bits per heavy atom. The first-order valence-electron chi connectivity index (χ1n) is 4.01. The predicted molar refractivity (Wildman–Crippen MR) is 52.5 cm³/mol. The number of hydrogen-bond donors (Lipinski definition) is 1. The summed E-state index contributed by atoms with van der Waals surface area (Å²) in [7, 11) is 0. The Labute approximate surface area is 93.5 Å². The number of pyridine rings is 1. The smallest absolute Gasteiger partial charge is 0.264 e. The van der Waals surface area contributed by atoms with Crippen molar-refractivity contribution < 1.29 is 13.9 Å². The van der Waals surface area contributed by atoms with Crippen molar-refractivity contribution in [2.45, 2.75) is 18.4 Å². The second-order valence-corrected chi connectivity index (χ2v) is 3.29. The van der Waals surface area contributed by atoms with Crippen LogP contribution in [0.1, 0.15) is 28.9 Å². The van der Waals surface area contributed by atoms with Crippen LogP contribution in [0.4, 0.5) is 8.78 Å². The van der Waals surface area contributed by atoms with E-state index in [0.717, 1.165) is 6.07 Å². The molecule has 0 radical (unpaired) electrons. The van der Waals surface area contributed by atoms with Crippen molar-refractivity contribution in [1.82, 2.24) is 4.98 Å². The SMILES string of the molecule is N#Cc1cc(C(F)F)c(CBr)c(CO)n1. The van der Waals surface area contributed by atoms with Crippen LogP contribution in [0.15, 0.2) is 6.07 Å². The minimum Gasteiger partial charge on any atom is -0.390 e. The zero-order valence-corrected chi connectivity index (χ0v) is 9.13. The lowest BCUT2D eigenvalue weighted by atomic mass is 10.1. The lowest BCUT2D eigenvalue weighted by molar-refractivity contribution is 0.150. The molecule has 1 rings (SSSR count). The molecule has 0 atom stereocenters. The number of nitriles is 1. The Bertz CT molecular complexity index is 404. The summed E-state index contributed by atoms with van der Waals surface area (Å²) in [6, 6.07) is 2.72. The quantitative estimate of drug-likeness (QED) is 0.862. The summed E-state index contributed by atoms with van der Waals surface area (Å²) >= 11 is 3.05. The number of nitrogens with zero attached hydrogens (tertiary/aromatic N) is 2. The molecule has 1 heterocycles. The highest BCUT2D eigenvalue weighted by Crippen LogP contribution is 2.27. The monoisotopic (exact) mass is 276 g/mol. The Hall–Kier alpha value is -1.06. The van der Waals surface area contributed by atoms with E-state index in [2.05, 4.69) is 20.9 Å². The predicted octanol–water partition coefficient (Wildman–Crippen LogP) is 2.28. The molecule has 1 N–H and O–H groups in total. The van der Waals surface area contributed by atoms with Crippen molar-refractivity contribution in [1.29, 1.82) is 5.26 Å². The number of aromatic nitrogens is 1. The van der Waals surface area contributed by atoms with Crippen LogP contribution in [-0.4, -0.2) is 10.1 Å². The molecule has 0 aliphatic rings. The molecule has 0 bridgehead atoms. The van der Waals surface area contributed by atoms with E-state index in [4.69, 9.17) is 10.4 Å². The van der Waals surface area contributed by atoms with Gasteiger partial charge in [-0.25, -0.2) is 13.8 Å². The van der Waals surface area contributed by atoms with Gasteiger partial charge in [0.2, 0.25) is 0 Å². The summed E-state index contributed by atoms with van der Waals surface area (Å²) in [5.41, 5.74) is -0.0192. The molecule has 0 unspecified atom stereocenters. The molecule has 0 aliphatic carbocycles. The van der Waals surface area contributed by atoms with Crippen LogP contribution in [0, 0.1) is 11.3 Å². The van der Waals surface area contributed by atoms with Gasteiger partial charge in [-0.3, -0.25) is 0 Å². The highest BCUT2D eigenvalue weighted by Gasteiger charge is 2.17. The number of rotatable bonds is 3. The van der Waals surface area contributed by atoms with Crippen molar-refractivity contribution in [3.8, 4) is 6.07 Å². The van der Waals surface area contributed by atoms with Crippen molar-refractivity contribution in [2.75, 3.05) is 0 Å². The molecule has 0 amide bonds. The molecule has 0 spiro atoms. The highest BCUT2D eigenvalue weighted by molar-refractivity contribution is 9.08. The van der Waals surface area contributed by atoms with Crippen LogP contribution in [0.5, 0.6) is 0 Å². The lowest BCUT2D eigenvalue weighted by Crippen LogP contribution is -2.04. The fourth-order valence-electron chi connectivity index (χ4n) is 1.18. The van der Waals surface area contributed by atoms with Crippen LogP contribution in [0.3, 0.4) is 0 Å². The Morgan fingerprint density at radius 3 is 2.67 bits per heavy atom. The first-order valence-corrected chi connectivity index (χ1v) is 5.14. The van der Waals surface area contributed by atoms with Gasteiger partial charge in [-0.1, -0.05) is 15.9 Å². The maximum absolute atomic E-state index is 12.6. The maximum Gasteiger partial charge on any atom is 0.264 e. The number of halogens is 3. The van der Waals surface area contributed by atoms with Gasteiger partial charge in [0, 0.05) is 10.9 Å². The third-order valence-electron chi connectivity index (χ3n) is 1.88. The molecular weight excluding hydrogens is 270 g/mol. The van der Waals surface area contributed by atoms with Crippen molar-refractivity contribution in [3.05, 3.63) is 28.6 Å². The van der Waals surface area contributed by atoms with Crippen LogP contribution in [0.25, 0.3) is 0 Å². The average Bonchev–Trinajstić information content (AvgIpc) is 2.26. The summed E-state index contributed by atoms with van der Waals surface area (Å²) in [5, 5.41) is 17.7. The third kappa shape index (κ3) is 2.49. The number of aliphatic hydroxyl groups excluding tert-OH is 1. The van der Waals surface area contributed by atoms with Crippen LogP contribution in [0.2, 0.25) is 0 Å². The van der Waals surface area contributed by atoms with Crippen LogP contribution in [-0.2, 0) is 11.9 Å². The van der Waals surface area contributed by atoms with Gasteiger partial charge in [-0.15, -0.1) is 0 Å². The lowest BCUT2D eigenvalue weighted by Gasteiger charge is -2.10. The van der Waals surface area contributed by atoms with Gasteiger partial charge >= 0.3 is 0 Å². The number of hydrogen-bond acceptors (Lipinski definition) is 3. The summed E-state index contributed by atoms with van der Waals surface area (Å²) < 4.78 is 25.2. The highest BCUT2D eigenvalue weighted by atomic mass is 79.9. The topological polar surface area (TPSA) is 56.9 Å². The Balaban J connectivity index is 3.40. The minimum absolute atomic E-state index is 0.112. The maximum atomic E-state index is 12.6. The molecule has 0 saturated heterocycles. The molecule has 0 aliphatic heterocycles. The van der Waals surface area contributed by atoms with Gasteiger partial charge in [0.05, 0.1) is 12.3 Å². The third-order valence-corrected chi connectivity index (χ3v) is 2.44. The average molecular weight is 277 g/mol. The summed E-state index contributed by atoms with van der Waals surface area (Å²) in [6.45, 7) is -0.462. The van der Waals surface area contributed by atoms with Gasteiger partial charge < -0.3 is 5.11 Å². The molecular formula is C9H7BrF2N2O. The van der Waals surface area contributed by atoms with Gasteiger partial charge in [0.1, 0.15) is 11.8 Å². The number of aliphatic hydroxyl groups is 1. The van der Waals surface area contributed by atoms with E-state index < -0.39 is 13.0 Å². The van der Waals surface area contributed by atoms with Gasteiger partial charge in [0.15, 0.2) is 0 Å². The second kappa shape index (κ2) is 5.14. The van der Waals surface area contributed by atoms with Gasteiger partial charge in [-0.2, -0.15) is 5.26 Å². The first kappa shape index (κ1) is 12.0. The van der Waals surface area contributed by atoms with Crippen molar-refractivity contribution in [3.63, 3.8) is 0 Å². The van der Waals surface area contributed by atoms with Gasteiger partial charge in [0.25, 0.3) is 6.43 Å². The van der Waals surface area contributed by atoms with Crippen LogP contribution < -0.4 is 0 Å². The van der Waals surface area contributed by atoms with Gasteiger partial charge in [-0.05, 0) is 11.6 Å². The Kier molecular flexibility index (Phi) is 4.12. The molecule has 3 nitrogen and oxygen atoms in total. The normalized spacial score (nSPS) is 10.4. The molecule has 6 heteroatoms. The van der Waals surface area contributed by atoms with E-state index in [1.807, 2.05) is 0 Å². The van der Waals surface area contributed by atoms with E-state index in [9.17, 15) is 8.78 Å². The molecule has 0 fully saturated rings.